The van der Waals surface area contributed by atoms with Crippen LogP contribution in [0.4, 0.5) is 0 Å². The molecular weight excluding hydrogens is 296 g/mol. The highest BCUT2D eigenvalue weighted by atomic mass is 35.5. The lowest BCUT2D eigenvalue weighted by atomic mass is 10.2. The van der Waals surface area contributed by atoms with Crippen molar-refractivity contribution in [1.29, 1.82) is 0 Å². The Bertz CT molecular complexity index is 431. The first-order valence-corrected chi connectivity index (χ1v) is 8.24. The van der Waals surface area contributed by atoms with Crippen LogP contribution >= 0.6 is 23.4 Å². The van der Waals surface area contributed by atoms with Crippen molar-refractivity contribution in [1.82, 2.24) is 5.32 Å². The summed E-state index contributed by atoms with van der Waals surface area (Å²) in [5.74, 6) is 1.43. The van der Waals surface area contributed by atoms with Crippen LogP contribution in [0.25, 0.3) is 0 Å². The highest BCUT2D eigenvalue weighted by molar-refractivity contribution is 7.98. The summed E-state index contributed by atoms with van der Waals surface area (Å²) in [6.45, 7) is 2.30. The number of carbonyl (C=O) groups is 1. The van der Waals surface area contributed by atoms with E-state index >= 15 is 0 Å². The van der Waals surface area contributed by atoms with E-state index in [-0.39, 0.29) is 12.0 Å². The van der Waals surface area contributed by atoms with Gasteiger partial charge in [-0.15, -0.1) is 0 Å². The SMILES string of the molecule is CSCC[C@H](N)C(=O)NCC(C)Oc1cccc(Cl)c1. The maximum absolute atomic E-state index is 11.7. The summed E-state index contributed by atoms with van der Waals surface area (Å²) in [5.41, 5.74) is 5.78. The predicted octanol–water partition coefficient (Wildman–Crippen LogP) is 2.30. The van der Waals surface area contributed by atoms with Gasteiger partial charge in [0.25, 0.3) is 0 Å². The van der Waals surface area contributed by atoms with E-state index in [1.54, 1.807) is 23.9 Å². The van der Waals surface area contributed by atoms with Gasteiger partial charge in [-0.25, -0.2) is 0 Å². The molecular formula is C14H21ClN2O2S. The maximum atomic E-state index is 11.7. The zero-order chi connectivity index (χ0) is 15.0. The molecule has 1 rings (SSSR count). The number of nitrogens with two attached hydrogens (primary N) is 1. The summed E-state index contributed by atoms with van der Waals surface area (Å²) in [4.78, 5) is 11.7. The van der Waals surface area contributed by atoms with Gasteiger partial charge in [-0.2, -0.15) is 11.8 Å². The molecule has 0 aliphatic heterocycles. The van der Waals surface area contributed by atoms with Crippen molar-refractivity contribution in [2.75, 3.05) is 18.6 Å². The Hall–Kier alpha value is -0.910. The lowest BCUT2D eigenvalue weighted by Gasteiger charge is -2.17. The third kappa shape index (κ3) is 6.50. The van der Waals surface area contributed by atoms with Crippen LogP contribution in [0.5, 0.6) is 5.75 Å². The first-order chi connectivity index (χ1) is 9.52. The smallest absolute Gasteiger partial charge is 0.237 e. The Balaban J connectivity index is 2.32. The van der Waals surface area contributed by atoms with Crippen molar-refractivity contribution in [3.8, 4) is 5.75 Å². The Morgan fingerprint density at radius 3 is 2.95 bits per heavy atom. The first kappa shape index (κ1) is 17.1. The van der Waals surface area contributed by atoms with Crippen LogP contribution in [-0.2, 0) is 4.79 Å². The molecule has 20 heavy (non-hydrogen) atoms. The van der Waals surface area contributed by atoms with Crippen LogP contribution in [0.15, 0.2) is 24.3 Å². The molecule has 1 unspecified atom stereocenters. The molecule has 3 N–H and O–H groups in total. The van der Waals surface area contributed by atoms with Gasteiger partial charge >= 0.3 is 0 Å². The van der Waals surface area contributed by atoms with Crippen LogP contribution in [0, 0.1) is 0 Å². The van der Waals surface area contributed by atoms with Gasteiger partial charge in [0.2, 0.25) is 5.91 Å². The summed E-state index contributed by atoms with van der Waals surface area (Å²) < 4.78 is 5.66. The molecule has 0 aliphatic rings. The van der Waals surface area contributed by atoms with E-state index in [1.165, 1.54) is 0 Å². The van der Waals surface area contributed by atoms with Crippen molar-refractivity contribution >= 4 is 29.3 Å². The van der Waals surface area contributed by atoms with Gasteiger partial charge in [0.1, 0.15) is 11.9 Å². The van der Waals surface area contributed by atoms with Crippen LogP contribution < -0.4 is 15.8 Å². The second-order valence-electron chi connectivity index (χ2n) is 4.52. The van der Waals surface area contributed by atoms with E-state index in [0.717, 1.165) is 5.75 Å². The molecule has 0 fully saturated rings. The van der Waals surface area contributed by atoms with Crippen molar-refractivity contribution in [2.45, 2.75) is 25.5 Å². The van der Waals surface area contributed by atoms with Crippen LogP contribution in [0.2, 0.25) is 5.02 Å². The molecule has 0 bridgehead atoms. The topological polar surface area (TPSA) is 64.4 Å². The largest absolute Gasteiger partial charge is 0.489 e. The molecule has 0 aliphatic carbocycles. The molecule has 112 valence electrons. The van der Waals surface area contributed by atoms with Gasteiger partial charge in [0.05, 0.1) is 12.6 Å². The quantitative estimate of drug-likeness (QED) is 0.772. The predicted molar refractivity (Wildman–Crippen MR) is 85.5 cm³/mol. The van der Waals surface area contributed by atoms with E-state index < -0.39 is 6.04 Å². The molecule has 0 spiro atoms. The molecule has 0 aromatic heterocycles. The zero-order valence-electron chi connectivity index (χ0n) is 11.8. The Morgan fingerprint density at radius 1 is 1.55 bits per heavy atom. The molecule has 1 aromatic rings. The Morgan fingerprint density at radius 2 is 2.30 bits per heavy atom. The van der Waals surface area contributed by atoms with E-state index in [1.807, 2.05) is 25.3 Å². The highest BCUT2D eigenvalue weighted by Gasteiger charge is 2.14. The summed E-state index contributed by atoms with van der Waals surface area (Å²) in [7, 11) is 0. The van der Waals surface area contributed by atoms with Gasteiger partial charge in [-0.1, -0.05) is 17.7 Å². The number of hydrogen-bond donors (Lipinski definition) is 2. The highest BCUT2D eigenvalue weighted by Crippen LogP contribution is 2.18. The lowest BCUT2D eigenvalue weighted by Crippen LogP contribution is -2.44. The fraction of sp³-hybridized carbons (Fsp3) is 0.500. The molecule has 1 amide bonds. The lowest BCUT2D eigenvalue weighted by molar-refractivity contribution is -0.122. The number of carbonyl (C=O) groups excluding carboxylic acids is 1. The molecule has 4 nitrogen and oxygen atoms in total. The minimum Gasteiger partial charge on any atom is -0.489 e. The third-order valence-electron chi connectivity index (χ3n) is 2.67. The molecule has 0 saturated carbocycles. The monoisotopic (exact) mass is 316 g/mol. The second kappa shape index (κ2) is 9.10. The van der Waals surface area contributed by atoms with Gasteiger partial charge in [-0.3, -0.25) is 4.79 Å². The van der Waals surface area contributed by atoms with Crippen molar-refractivity contribution in [2.24, 2.45) is 5.73 Å². The Kier molecular flexibility index (Phi) is 7.80. The Labute approximate surface area is 129 Å². The number of halogens is 1. The van der Waals surface area contributed by atoms with Gasteiger partial charge < -0.3 is 15.8 Å². The minimum atomic E-state index is -0.458. The molecule has 6 heteroatoms. The fourth-order valence-electron chi connectivity index (χ4n) is 1.57. The minimum absolute atomic E-state index is 0.138. The molecule has 0 heterocycles. The van der Waals surface area contributed by atoms with Crippen molar-refractivity contribution in [3.63, 3.8) is 0 Å². The number of hydrogen-bond acceptors (Lipinski definition) is 4. The van der Waals surface area contributed by atoms with Gasteiger partial charge in [0.15, 0.2) is 0 Å². The van der Waals surface area contributed by atoms with Crippen LogP contribution in [-0.4, -0.2) is 36.6 Å². The maximum Gasteiger partial charge on any atom is 0.237 e. The normalized spacial score (nSPS) is 13.6. The number of benzene rings is 1. The van der Waals surface area contributed by atoms with E-state index in [2.05, 4.69) is 5.32 Å². The van der Waals surface area contributed by atoms with Crippen LogP contribution in [0.3, 0.4) is 0 Å². The average molecular weight is 317 g/mol. The standard InChI is InChI=1S/C14H21ClN2O2S/c1-10(19-12-5-3-4-11(15)8-12)9-17-14(18)13(16)6-7-20-2/h3-5,8,10,13H,6-7,9,16H2,1-2H3,(H,17,18)/t10?,13-/m0/s1. The van der Waals surface area contributed by atoms with Crippen molar-refractivity contribution < 1.29 is 9.53 Å². The number of amides is 1. The van der Waals surface area contributed by atoms with E-state index in [9.17, 15) is 4.79 Å². The van der Waals surface area contributed by atoms with Gasteiger partial charge in [0, 0.05) is 5.02 Å². The first-order valence-electron chi connectivity index (χ1n) is 6.47. The molecule has 0 radical (unpaired) electrons. The zero-order valence-corrected chi connectivity index (χ0v) is 13.3. The molecule has 0 saturated heterocycles. The molecule has 2 atom stereocenters. The summed E-state index contributed by atoms with van der Waals surface area (Å²) in [5, 5.41) is 3.42. The number of rotatable bonds is 8. The van der Waals surface area contributed by atoms with Crippen molar-refractivity contribution in [3.05, 3.63) is 29.3 Å². The van der Waals surface area contributed by atoms with Gasteiger partial charge in [-0.05, 0) is 43.6 Å². The van der Waals surface area contributed by atoms with E-state index in [0.29, 0.717) is 23.7 Å². The van der Waals surface area contributed by atoms with E-state index in [4.69, 9.17) is 22.1 Å². The van der Waals surface area contributed by atoms with Crippen LogP contribution in [0.1, 0.15) is 13.3 Å². The number of nitrogens with one attached hydrogen (secondary N) is 1. The number of thioether (sulfide) groups is 1. The fourth-order valence-corrected chi connectivity index (χ4v) is 2.24. The summed E-state index contributed by atoms with van der Waals surface area (Å²) in [6.07, 6.45) is 2.52. The average Bonchev–Trinajstić information content (AvgIpc) is 2.42. The number of ether oxygens (including phenoxy) is 1. The molecule has 1 aromatic carbocycles. The summed E-state index contributed by atoms with van der Waals surface area (Å²) in [6, 6.07) is 6.71. The second-order valence-corrected chi connectivity index (χ2v) is 5.94. The third-order valence-corrected chi connectivity index (χ3v) is 3.55. The summed E-state index contributed by atoms with van der Waals surface area (Å²) >= 11 is 7.56.